The molecule has 0 radical (unpaired) electrons. The predicted molar refractivity (Wildman–Crippen MR) is 67.9 cm³/mol. The monoisotopic (exact) mass is 245 g/mol. The van der Waals surface area contributed by atoms with Gasteiger partial charge in [0.05, 0.1) is 16.3 Å². The maximum atomic E-state index is 11.8. The van der Waals surface area contributed by atoms with Crippen LogP contribution in [0.3, 0.4) is 0 Å². The first-order chi connectivity index (χ1) is 8.16. The Morgan fingerprint density at radius 2 is 1.94 bits per heavy atom. The number of para-hydroxylation sites is 1. The Bertz CT molecular complexity index is 748. The van der Waals surface area contributed by atoms with Gasteiger partial charge in [-0.3, -0.25) is 4.79 Å². The van der Waals surface area contributed by atoms with E-state index in [1.807, 2.05) is 24.3 Å². The Morgan fingerprint density at radius 3 is 2.76 bits per heavy atom. The Kier molecular flexibility index (Phi) is 2.09. The minimum atomic E-state index is -0.411. The van der Waals surface area contributed by atoms with Crippen molar-refractivity contribution in [3.05, 3.63) is 51.6 Å². The molecule has 0 saturated heterocycles. The summed E-state index contributed by atoms with van der Waals surface area (Å²) in [5.74, 6) is -0.328. The third kappa shape index (κ3) is 1.47. The van der Waals surface area contributed by atoms with Crippen molar-refractivity contribution in [2.45, 2.75) is 0 Å². The number of aromatic nitrogens is 1. The molecule has 0 bridgehead atoms. The van der Waals surface area contributed by atoms with Crippen LogP contribution in [-0.4, -0.2) is 10.1 Å². The molecular weight excluding hydrogens is 238 g/mol. The van der Waals surface area contributed by atoms with Gasteiger partial charge in [0.2, 0.25) is 5.43 Å². The topological polar surface area (TPSA) is 53.1 Å². The molecule has 0 fully saturated rings. The normalized spacial score (nSPS) is 11.1. The SMILES string of the molecule is O=c1c(O)cc(Cl)c2[nH]c3ccccc3cc1-2. The van der Waals surface area contributed by atoms with Crippen molar-refractivity contribution >= 4 is 22.5 Å². The molecule has 4 heteroatoms. The molecule has 3 nitrogen and oxygen atoms in total. The lowest BCUT2D eigenvalue weighted by molar-refractivity contribution is 0.470. The van der Waals surface area contributed by atoms with Crippen LogP contribution >= 0.6 is 11.6 Å². The van der Waals surface area contributed by atoms with E-state index in [2.05, 4.69) is 4.98 Å². The Morgan fingerprint density at radius 1 is 1.18 bits per heavy atom. The Labute approximate surface area is 102 Å². The van der Waals surface area contributed by atoms with Crippen LogP contribution in [0.2, 0.25) is 5.02 Å². The molecular formula is C13H8ClNO2. The van der Waals surface area contributed by atoms with Crippen molar-refractivity contribution in [1.29, 1.82) is 0 Å². The van der Waals surface area contributed by atoms with E-state index >= 15 is 0 Å². The molecule has 1 aliphatic heterocycles. The molecule has 1 aliphatic carbocycles. The van der Waals surface area contributed by atoms with E-state index in [-0.39, 0.29) is 5.75 Å². The van der Waals surface area contributed by atoms with Gasteiger partial charge in [0.1, 0.15) is 0 Å². The standard InChI is InChI=1S/C13H8ClNO2/c14-9-6-11(16)13(17)8-5-7-3-1-2-4-10(7)15-12(8)9/h1-6,15-16H. The number of fused-ring (bicyclic) bond motifs is 2. The number of aromatic hydroxyl groups is 1. The number of H-pyrrole nitrogens is 1. The van der Waals surface area contributed by atoms with Crippen LogP contribution in [0.25, 0.3) is 22.2 Å². The fourth-order valence-corrected chi connectivity index (χ4v) is 2.18. The number of aromatic amines is 1. The molecule has 17 heavy (non-hydrogen) atoms. The summed E-state index contributed by atoms with van der Waals surface area (Å²) >= 11 is 6.00. The Balaban J connectivity index is 2.56. The minimum Gasteiger partial charge on any atom is -0.504 e. The van der Waals surface area contributed by atoms with Crippen LogP contribution in [-0.2, 0) is 0 Å². The number of hydrogen-bond donors (Lipinski definition) is 2. The van der Waals surface area contributed by atoms with Crippen LogP contribution in [0, 0.1) is 0 Å². The number of rotatable bonds is 0. The lowest BCUT2D eigenvalue weighted by Crippen LogP contribution is -2.07. The van der Waals surface area contributed by atoms with Crippen LogP contribution in [0.5, 0.6) is 5.75 Å². The van der Waals surface area contributed by atoms with Crippen LogP contribution in [0.1, 0.15) is 0 Å². The summed E-state index contributed by atoms with van der Waals surface area (Å²) in [6.07, 6.45) is 0. The summed E-state index contributed by atoms with van der Waals surface area (Å²) in [4.78, 5) is 14.9. The maximum absolute atomic E-state index is 11.8. The van der Waals surface area contributed by atoms with Crippen molar-refractivity contribution in [2.24, 2.45) is 0 Å². The van der Waals surface area contributed by atoms with E-state index in [9.17, 15) is 9.90 Å². The first-order valence-corrected chi connectivity index (χ1v) is 5.48. The van der Waals surface area contributed by atoms with E-state index in [1.54, 1.807) is 6.07 Å². The van der Waals surface area contributed by atoms with Gasteiger partial charge in [0.25, 0.3) is 0 Å². The number of pyridine rings is 1. The number of phenolic OH excluding ortho intramolecular Hbond substituents is 1. The molecule has 3 rings (SSSR count). The highest BCUT2D eigenvalue weighted by molar-refractivity contribution is 6.33. The quantitative estimate of drug-likeness (QED) is 0.598. The number of benzene rings is 2. The largest absolute Gasteiger partial charge is 0.504 e. The van der Waals surface area contributed by atoms with E-state index in [0.717, 1.165) is 10.9 Å². The number of phenols is 1. The van der Waals surface area contributed by atoms with E-state index in [0.29, 0.717) is 16.3 Å². The van der Waals surface area contributed by atoms with Crippen molar-refractivity contribution < 1.29 is 5.11 Å². The molecule has 0 spiro atoms. The second-order valence-electron chi connectivity index (χ2n) is 3.85. The Hall–Kier alpha value is -2.00. The minimum absolute atomic E-state index is 0.328. The summed E-state index contributed by atoms with van der Waals surface area (Å²) in [5.41, 5.74) is 1.43. The number of hydrogen-bond acceptors (Lipinski definition) is 2. The van der Waals surface area contributed by atoms with Gasteiger partial charge in [-0.15, -0.1) is 0 Å². The van der Waals surface area contributed by atoms with E-state index in [1.165, 1.54) is 6.07 Å². The van der Waals surface area contributed by atoms with Gasteiger partial charge < -0.3 is 10.1 Å². The van der Waals surface area contributed by atoms with Gasteiger partial charge in [-0.25, -0.2) is 0 Å². The zero-order valence-electron chi connectivity index (χ0n) is 8.70. The van der Waals surface area contributed by atoms with Gasteiger partial charge in [-0.2, -0.15) is 0 Å². The summed E-state index contributed by atoms with van der Waals surface area (Å²) in [6.45, 7) is 0. The van der Waals surface area contributed by atoms with E-state index < -0.39 is 5.43 Å². The summed E-state index contributed by atoms with van der Waals surface area (Å²) < 4.78 is 0. The first-order valence-electron chi connectivity index (χ1n) is 5.10. The predicted octanol–water partition coefficient (Wildman–Crippen LogP) is 2.99. The highest BCUT2D eigenvalue weighted by Crippen LogP contribution is 2.30. The molecule has 0 saturated carbocycles. The fourth-order valence-electron chi connectivity index (χ4n) is 1.93. The molecule has 0 amide bonds. The second-order valence-corrected chi connectivity index (χ2v) is 4.26. The van der Waals surface area contributed by atoms with Gasteiger partial charge in [-0.05, 0) is 17.5 Å². The van der Waals surface area contributed by atoms with Gasteiger partial charge in [0, 0.05) is 11.6 Å². The molecule has 84 valence electrons. The third-order valence-corrected chi connectivity index (χ3v) is 3.07. The van der Waals surface area contributed by atoms with Crippen LogP contribution in [0.15, 0.2) is 41.2 Å². The lowest BCUT2D eigenvalue weighted by Gasteiger charge is -2.10. The molecule has 0 aromatic heterocycles. The average Bonchev–Trinajstić information content (AvgIpc) is 2.34. The maximum Gasteiger partial charge on any atom is 0.229 e. The van der Waals surface area contributed by atoms with Crippen LogP contribution < -0.4 is 5.43 Å². The first kappa shape index (κ1) is 10.2. The molecule has 1 aromatic rings. The van der Waals surface area contributed by atoms with Gasteiger partial charge in [-0.1, -0.05) is 29.8 Å². The zero-order chi connectivity index (χ0) is 12.0. The third-order valence-electron chi connectivity index (χ3n) is 2.77. The number of nitrogens with one attached hydrogen (secondary N) is 1. The number of halogens is 1. The highest BCUT2D eigenvalue weighted by atomic mass is 35.5. The van der Waals surface area contributed by atoms with Crippen molar-refractivity contribution in [3.63, 3.8) is 0 Å². The van der Waals surface area contributed by atoms with Gasteiger partial charge >= 0.3 is 0 Å². The van der Waals surface area contributed by atoms with Crippen molar-refractivity contribution in [3.8, 4) is 17.0 Å². The lowest BCUT2D eigenvalue weighted by atomic mass is 10.1. The molecule has 0 atom stereocenters. The van der Waals surface area contributed by atoms with E-state index in [4.69, 9.17) is 11.6 Å². The molecule has 2 N–H and O–H groups in total. The molecule has 1 aromatic carbocycles. The summed E-state index contributed by atoms with van der Waals surface area (Å²) in [6, 6.07) is 10.6. The van der Waals surface area contributed by atoms with Crippen molar-refractivity contribution in [1.82, 2.24) is 4.98 Å². The summed E-state index contributed by atoms with van der Waals surface area (Å²) in [7, 11) is 0. The molecule has 1 heterocycles. The average molecular weight is 246 g/mol. The fraction of sp³-hybridized carbons (Fsp3) is 0. The molecule has 2 aliphatic rings. The highest BCUT2D eigenvalue weighted by Gasteiger charge is 2.15. The van der Waals surface area contributed by atoms with Gasteiger partial charge in [0.15, 0.2) is 5.75 Å². The van der Waals surface area contributed by atoms with Crippen LogP contribution in [0.4, 0.5) is 0 Å². The molecule has 0 unspecified atom stereocenters. The zero-order valence-corrected chi connectivity index (χ0v) is 9.45. The smallest absolute Gasteiger partial charge is 0.229 e. The van der Waals surface area contributed by atoms with Crippen molar-refractivity contribution in [2.75, 3.05) is 0 Å². The second kappa shape index (κ2) is 3.50. The summed E-state index contributed by atoms with van der Waals surface area (Å²) in [5, 5.41) is 10.7.